The van der Waals surface area contributed by atoms with Crippen LogP contribution in [-0.2, 0) is 4.74 Å². The van der Waals surface area contributed by atoms with Crippen LogP contribution < -0.4 is 5.56 Å². The van der Waals surface area contributed by atoms with Gasteiger partial charge in [0, 0.05) is 0 Å². The Bertz CT molecular complexity index is 838. The van der Waals surface area contributed by atoms with Gasteiger partial charge in [0.25, 0.3) is 5.56 Å². The second-order valence-corrected chi connectivity index (χ2v) is 4.43. The van der Waals surface area contributed by atoms with Gasteiger partial charge in [0.05, 0.1) is 18.1 Å². The smallest absolute Gasteiger partial charge is 0.340 e. The Morgan fingerprint density at radius 1 is 1.33 bits per heavy atom. The number of H-pyrrole nitrogens is 1. The average Bonchev–Trinajstić information content (AvgIpc) is 2.93. The summed E-state index contributed by atoms with van der Waals surface area (Å²) >= 11 is 0. The normalized spacial score (nSPS) is 12.2. The van der Waals surface area contributed by atoms with E-state index in [0.29, 0.717) is 16.6 Å². The number of nitrogens with one attached hydrogen (secondary N) is 1. The first kappa shape index (κ1) is 13.0. The Kier molecular flexibility index (Phi) is 3.23. The predicted molar refractivity (Wildman–Crippen MR) is 74.7 cm³/mol. The minimum absolute atomic E-state index is 0.284. The molecule has 0 amide bonds. The lowest BCUT2D eigenvalue weighted by atomic mass is 10.2. The van der Waals surface area contributed by atoms with E-state index in [1.807, 2.05) is 6.07 Å². The molecule has 0 radical (unpaired) electrons. The number of carbonyl (C=O) groups excluding carboxylic acids is 1. The van der Waals surface area contributed by atoms with Gasteiger partial charge in [-0.25, -0.2) is 14.5 Å². The fourth-order valence-corrected chi connectivity index (χ4v) is 1.99. The van der Waals surface area contributed by atoms with E-state index in [9.17, 15) is 9.59 Å². The molecular weight excluding hydrogens is 272 g/mol. The van der Waals surface area contributed by atoms with Crippen LogP contribution in [0.15, 0.2) is 47.7 Å². The molecule has 2 heterocycles. The molecule has 0 fully saturated rings. The van der Waals surface area contributed by atoms with Gasteiger partial charge in [-0.2, -0.15) is 5.10 Å². The number of aromatic amines is 1. The molecule has 0 bridgehead atoms. The minimum atomic E-state index is -0.676. The van der Waals surface area contributed by atoms with Crippen molar-refractivity contribution in [3.63, 3.8) is 0 Å². The highest BCUT2D eigenvalue weighted by atomic mass is 16.6. The summed E-state index contributed by atoms with van der Waals surface area (Å²) in [5, 5.41) is 4.41. The maximum atomic E-state index is 12.0. The molecule has 106 valence electrons. The zero-order valence-electron chi connectivity index (χ0n) is 11.2. The first-order valence-corrected chi connectivity index (χ1v) is 6.34. The van der Waals surface area contributed by atoms with Gasteiger partial charge in [-0.3, -0.25) is 4.79 Å². The largest absolute Gasteiger partial charge is 0.436 e. The molecule has 1 aromatic carbocycles. The van der Waals surface area contributed by atoms with E-state index in [2.05, 4.69) is 15.1 Å². The number of benzene rings is 1. The average molecular weight is 284 g/mol. The van der Waals surface area contributed by atoms with Crippen LogP contribution >= 0.6 is 0 Å². The van der Waals surface area contributed by atoms with Crippen LogP contribution in [0.1, 0.15) is 23.5 Å². The summed E-state index contributed by atoms with van der Waals surface area (Å²) in [6.45, 7) is 1.66. The van der Waals surface area contributed by atoms with Crippen molar-refractivity contribution < 1.29 is 9.53 Å². The van der Waals surface area contributed by atoms with E-state index in [-0.39, 0.29) is 5.56 Å². The van der Waals surface area contributed by atoms with Crippen molar-refractivity contribution >= 4 is 17.0 Å². The molecular formula is C14H12N4O3. The summed E-state index contributed by atoms with van der Waals surface area (Å²) in [5.74, 6) is -0.461. The third-order valence-corrected chi connectivity index (χ3v) is 3.03. The van der Waals surface area contributed by atoms with E-state index in [4.69, 9.17) is 4.74 Å². The number of carbonyl (C=O) groups is 1. The van der Waals surface area contributed by atoms with Gasteiger partial charge in [-0.1, -0.05) is 18.2 Å². The maximum absolute atomic E-state index is 12.0. The zero-order chi connectivity index (χ0) is 14.8. The van der Waals surface area contributed by atoms with Gasteiger partial charge in [-0.05, 0) is 19.1 Å². The van der Waals surface area contributed by atoms with Crippen molar-refractivity contribution in [2.45, 2.75) is 13.2 Å². The Morgan fingerprint density at radius 3 is 2.86 bits per heavy atom. The molecule has 3 aromatic rings. The summed E-state index contributed by atoms with van der Waals surface area (Å²) in [7, 11) is 0. The molecule has 3 rings (SSSR count). The minimum Gasteiger partial charge on any atom is -0.436 e. The Hall–Kier alpha value is -2.96. The summed E-state index contributed by atoms with van der Waals surface area (Å²) in [4.78, 5) is 30.1. The Morgan fingerprint density at radius 2 is 2.10 bits per heavy atom. The molecule has 1 N–H and O–H groups in total. The van der Waals surface area contributed by atoms with Crippen molar-refractivity contribution in [3.05, 3.63) is 58.8 Å². The third-order valence-electron chi connectivity index (χ3n) is 3.03. The van der Waals surface area contributed by atoms with Gasteiger partial charge >= 0.3 is 5.97 Å². The number of esters is 1. The fraction of sp³-hybridized carbons (Fsp3) is 0.143. The number of fused-ring (bicyclic) bond motifs is 1. The molecule has 0 aliphatic carbocycles. The van der Waals surface area contributed by atoms with Crippen LogP contribution in [0.4, 0.5) is 0 Å². The number of nitrogens with zero attached hydrogens (tertiary/aromatic N) is 3. The maximum Gasteiger partial charge on any atom is 0.340 e. The van der Waals surface area contributed by atoms with Gasteiger partial charge in [-0.15, -0.1) is 0 Å². The van der Waals surface area contributed by atoms with Crippen molar-refractivity contribution in [1.82, 2.24) is 19.7 Å². The van der Waals surface area contributed by atoms with Crippen LogP contribution in [0.5, 0.6) is 0 Å². The Balaban J connectivity index is 1.88. The molecule has 7 nitrogen and oxygen atoms in total. The highest BCUT2D eigenvalue weighted by Gasteiger charge is 2.17. The molecule has 0 saturated heterocycles. The SMILES string of the molecule is CC(OC(=O)c1ccccc1)n1ncc2c(=O)[nH]cnc21. The van der Waals surface area contributed by atoms with E-state index >= 15 is 0 Å². The molecule has 0 aliphatic rings. The number of ether oxygens (including phenoxy) is 1. The monoisotopic (exact) mass is 284 g/mol. The lowest BCUT2D eigenvalue weighted by molar-refractivity contribution is 0.0131. The van der Waals surface area contributed by atoms with Gasteiger partial charge in [0.1, 0.15) is 5.39 Å². The molecule has 7 heteroatoms. The lowest BCUT2D eigenvalue weighted by Gasteiger charge is -2.14. The van der Waals surface area contributed by atoms with Crippen LogP contribution in [-0.4, -0.2) is 25.7 Å². The van der Waals surface area contributed by atoms with Gasteiger partial charge in [0.2, 0.25) is 0 Å². The lowest BCUT2D eigenvalue weighted by Crippen LogP contribution is -2.17. The van der Waals surface area contributed by atoms with E-state index in [1.54, 1.807) is 31.2 Å². The summed E-state index contributed by atoms with van der Waals surface area (Å²) in [6, 6.07) is 8.66. The highest BCUT2D eigenvalue weighted by Crippen LogP contribution is 2.15. The molecule has 0 spiro atoms. The zero-order valence-corrected chi connectivity index (χ0v) is 11.2. The second-order valence-electron chi connectivity index (χ2n) is 4.43. The standard InChI is InChI=1S/C14H12N4O3/c1-9(21-14(20)10-5-3-2-4-6-10)18-12-11(7-17-18)13(19)16-8-15-12/h2-9H,1H3,(H,15,16,19). The van der Waals surface area contributed by atoms with E-state index < -0.39 is 12.2 Å². The molecule has 0 aliphatic heterocycles. The van der Waals surface area contributed by atoms with E-state index in [1.165, 1.54) is 17.2 Å². The van der Waals surface area contributed by atoms with Crippen molar-refractivity contribution in [2.75, 3.05) is 0 Å². The highest BCUT2D eigenvalue weighted by molar-refractivity contribution is 5.89. The summed E-state index contributed by atoms with van der Waals surface area (Å²) in [5.41, 5.74) is 0.534. The number of hydrogen-bond donors (Lipinski definition) is 1. The molecule has 1 unspecified atom stereocenters. The van der Waals surface area contributed by atoms with Crippen LogP contribution in [0.25, 0.3) is 11.0 Å². The number of rotatable bonds is 3. The predicted octanol–water partition coefficient (Wildman–Crippen LogP) is 1.50. The van der Waals surface area contributed by atoms with Crippen LogP contribution in [0.2, 0.25) is 0 Å². The topological polar surface area (TPSA) is 89.9 Å². The second kappa shape index (κ2) is 5.20. The van der Waals surface area contributed by atoms with Gasteiger partial charge < -0.3 is 9.72 Å². The Labute approximate surface area is 119 Å². The van der Waals surface area contributed by atoms with Crippen molar-refractivity contribution in [3.8, 4) is 0 Å². The first-order chi connectivity index (χ1) is 10.2. The third kappa shape index (κ3) is 2.40. The number of hydrogen-bond acceptors (Lipinski definition) is 5. The van der Waals surface area contributed by atoms with Crippen molar-refractivity contribution in [1.29, 1.82) is 0 Å². The molecule has 2 aromatic heterocycles. The van der Waals surface area contributed by atoms with Gasteiger partial charge in [0.15, 0.2) is 11.9 Å². The van der Waals surface area contributed by atoms with Crippen LogP contribution in [0.3, 0.4) is 0 Å². The quantitative estimate of drug-likeness (QED) is 0.736. The summed E-state index contributed by atoms with van der Waals surface area (Å²) < 4.78 is 6.73. The van der Waals surface area contributed by atoms with Crippen molar-refractivity contribution in [2.24, 2.45) is 0 Å². The van der Waals surface area contributed by atoms with Crippen LogP contribution in [0, 0.1) is 0 Å². The summed E-state index contributed by atoms with van der Waals surface area (Å²) in [6.07, 6.45) is 2.01. The molecule has 1 atom stereocenters. The van der Waals surface area contributed by atoms with E-state index in [0.717, 1.165) is 0 Å². The molecule has 0 saturated carbocycles. The first-order valence-electron chi connectivity index (χ1n) is 6.34. The molecule has 21 heavy (non-hydrogen) atoms. The number of aromatic nitrogens is 4. The fourth-order valence-electron chi connectivity index (χ4n) is 1.99.